The van der Waals surface area contributed by atoms with Crippen molar-refractivity contribution in [3.63, 3.8) is 0 Å². The lowest BCUT2D eigenvalue weighted by Gasteiger charge is -2.16. The third-order valence-corrected chi connectivity index (χ3v) is 4.16. The van der Waals surface area contributed by atoms with Crippen molar-refractivity contribution >= 4 is 18.1 Å². The van der Waals surface area contributed by atoms with Crippen LogP contribution < -0.4 is 0 Å². The fraction of sp³-hybridized carbons (Fsp3) is 0.357. The summed E-state index contributed by atoms with van der Waals surface area (Å²) in [6.45, 7) is 1.24. The number of carbonyl (C=O) groups excluding carboxylic acids is 1. The molecule has 3 rings (SSSR count). The largest absolute Gasteiger partial charge is 0.335 e. The smallest absolute Gasteiger partial charge is 0.223 e. The summed E-state index contributed by atoms with van der Waals surface area (Å²) in [5.74, 6) is 1.24. The minimum absolute atomic E-state index is 0.174. The molecule has 1 aliphatic heterocycles. The molecule has 1 N–H and O–H groups in total. The van der Waals surface area contributed by atoms with E-state index >= 15 is 0 Å². The van der Waals surface area contributed by atoms with Gasteiger partial charge in [-0.1, -0.05) is 30.3 Å². The van der Waals surface area contributed by atoms with E-state index in [1.54, 1.807) is 4.57 Å². The minimum atomic E-state index is 0.174. The summed E-state index contributed by atoms with van der Waals surface area (Å²) in [7, 11) is 1.86. The second-order valence-electron chi connectivity index (χ2n) is 5.09. The van der Waals surface area contributed by atoms with Gasteiger partial charge >= 0.3 is 0 Å². The normalized spacial score (nSPS) is 18.8. The SMILES string of the molecule is Cn1c(CN2CC(c3ccccc3)CC2=O)n[nH]c1=S. The average Bonchev–Trinajstić information content (AvgIpc) is 2.98. The first-order valence-corrected chi connectivity index (χ1v) is 6.99. The topological polar surface area (TPSA) is 53.9 Å². The monoisotopic (exact) mass is 288 g/mol. The van der Waals surface area contributed by atoms with E-state index in [1.807, 2.05) is 30.1 Å². The van der Waals surface area contributed by atoms with Gasteiger partial charge in [0.2, 0.25) is 5.91 Å². The van der Waals surface area contributed by atoms with Gasteiger partial charge in [-0.05, 0) is 17.8 Å². The number of aromatic amines is 1. The minimum Gasteiger partial charge on any atom is -0.335 e. The van der Waals surface area contributed by atoms with Gasteiger partial charge in [0.25, 0.3) is 0 Å². The quantitative estimate of drug-likeness (QED) is 0.879. The van der Waals surface area contributed by atoms with Crippen LogP contribution in [-0.4, -0.2) is 32.1 Å². The van der Waals surface area contributed by atoms with Crippen LogP contribution in [0.15, 0.2) is 30.3 Å². The first kappa shape index (κ1) is 13.1. The van der Waals surface area contributed by atoms with Crippen molar-refractivity contribution in [1.82, 2.24) is 19.7 Å². The van der Waals surface area contributed by atoms with Crippen molar-refractivity contribution in [1.29, 1.82) is 0 Å². The highest BCUT2D eigenvalue weighted by atomic mass is 32.1. The Morgan fingerprint density at radius 1 is 1.40 bits per heavy atom. The fourth-order valence-corrected chi connectivity index (χ4v) is 2.72. The number of likely N-dealkylation sites (tertiary alicyclic amines) is 1. The number of nitrogens with one attached hydrogen (secondary N) is 1. The summed E-state index contributed by atoms with van der Waals surface area (Å²) >= 11 is 5.09. The molecule has 0 bridgehead atoms. The summed E-state index contributed by atoms with van der Waals surface area (Å²) in [6.07, 6.45) is 0.568. The number of aromatic nitrogens is 3. The summed E-state index contributed by atoms with van der Waals surface area (Å²) in [5, 5.41) is 6.91. The molecule has 2 heterocycles. The molecule has 1 atom stereocenters. The van der Waals surface area contributed by atoms with Crippen LogP contribution in [0, 0.1) is 4.77 Å². The maximum Gasteiger partial charge on any atom is 0.223 e. The highest BCUT2D eigenvalue weighted by Gasteiger charge is 2.31. The number of H-pyrrole nitrogens is 1. The lowest BCUT2D eigenvalue weighted by molar-refractivity contribution is -0.128. The molecule has 104 valence electrons. The molecule has 1 fully saturated rings. The van der Waals surface area contributed by atoms with E-state index in [4.69, 9.17) is 12.2 Å². The van der Waals surface area contributed by atoms with Crippen molar-refractivity contribution in [2.24, 2.45) is 7.05 Å². The Hall–Kier alpha value is -1.95. The van der Waals surface area contributed by atoms with Gasteiger partial charge in [-0.25, -0.2) is 0 Å². The summed E-state index contributed by atoms with van der Waals surface area (Å²) in [5.41, 5.74) is 1.22. The van der Waals surface area contributed by atoms with E-state index in [1.165, 1.54) is 5.56 Å². The van der Waals surface area contributed by atoms with Crippen LogP contribution in [0.4, 0.5) is 0 Å². The molecule has 6 heteroatoms. The molecule has 1 unspecified atom stereocenters. The van der Waals surface area contributed by atoms with E-state index in [0.29, 0.717) is 17.7 Å². The van der Waals surface area contributed by atoms with Crippen LogP contribution in [0.25, 0.3) is 0 Å². The van der Waals surface area contributed by atoms with Crippen molar-refractivity contribution in [3.8, 4) is 0 Å². The number of hydrogen-bond donors (Lipinski definition) is 1. The average molecular weight is 288 g/mol. The molecule has 5 nitrogen and oxygen atoms in total. The fourth-order valence-electron chi connectivity index (χ4n) is 2.57. The number of hydrogen-bond acceptors (Lipinski definition) is 3. The van der Waals surface area contributed by atoms with Crippen LogP contribution in [0.1, 0.15) is 23.7 Å². The molecule has 20 heavy (non-hydrogen) atoms. The molecule has 0 aliphatic carbocycles. The summed E-state index contributed by atoms with van der Waals surface area (Å²) < 4.78 is 2.38. The lowest BCUT2D eigenvalue weighted by Crippen LogP contribution is -2.26. The van der Waals surface area contributed by atoms with Gasteiger partial charge in [0.05, 0.1) is 6.54 Å². The molecule has 0 spiro atoms. The van der Waals surface area contributed by atoms with Gasteiger partial charge in [-0.3, -0.25) is 9.89 Å². The Labute approximate surface area is 122 Å². The Balaban J connectivity index is 1.75. The van der Waals surface area contributed by atoms with Crippen molar-refractivity contribution in [3.05, 3.63) is 46.5 Å². The number of nitrogens with zero attached hydrogens (tertiary/aromatic N) is 3. The molecule has 0 radical (unpaired) electrons. The van der Waals surface area contributed by atoms with Crippen molar-refractivity contribution < 1.29 is 4.79 Å². The molecule has 2 aromatic rings. The number of carbonyl (C=O) groups is 1. The van der Waals surface area contributed by atoms with E-state index < -0.39 is 0 Å². The van der Waals surface area contributed by atoms with Crippen LogP contribution in [0.3, 0.4) is 0 Å². The van der Waals surface area contributed by atoms with Gasteiger partial charge in [0.15, 0.2) is 10.6 Å². The van der Waals surface area contributed by atoms with Gasteiger partial charge in [-0.15, -0.1) is 0 Å². The van der Waals surface area contributed by atoms with Crippen LogP contribution in [0.2, 0.25) is 0 Å². The Kier molecular flexibility index (Phi) is 3.40. The Bertz CT molecular complexity index is 676. The zero-order valence-electron chi connectivity index (χ0n) is 11.2. The lowest BCUT2D eigenvalue weighted by atomic mass is 9.99. The van der Waals surface area contributed by atoms with Crippen LogP contribution >= 0.6 is 12.2 Å². The Morgan fingerprint density at radius 3 is 2.80 bits per heavy atom. The number of benzene rings is 1. The van der Waals surface area contributed by atoms with Crippen molar-refractivity contribution in [2.75, 3.05) is 6.54 Å². The summed E-state index contributed by atoms with van der Waals surface area (Å²) in [4.78, 5) is 14.0. The zero-order valence-corrected chi connectivity index (χ0v) is 12.1. The first-order valence-electron chi connectivity index (χ1n) is 6.58. The van der Waals surface area contributed by atoms with Gasteiger partial charge in [0.1, 0.15) is 0 Å². The van der Waals surface area contributed by atoms with E-state index in [0.717, 1.165) is 12.4 Å². The highest BCUT2D eigenvalue weighted by molar-refractivity contribution is 7.71. The van der Waals surface area contributed by atoms with E-state index in [2.05, 4.69) is 22.3 Å². The van der Waals surface area contributed by atoms with Gasteiger partial charge in [0, 0.05) is 25.9 Å². The van der Waals surface area contributed by atoms with Gasteiger partial charge in [-0.2, -0.15) is 5.10 Å². The third kappa shape index (κ3) is 2.38. The molecule has 1 aromatic heterocycles. The van der Waals surface area contributed by atoms with Crippen LogP contribution in [-0.2, 0) is 18.4 Å². The number of amides is 1. The third-order valence-electron chi connectivity index (χ3n) is 3.79. The second kappa shape index (κ2) is 5.20. The van der Waals surface area contributed by atoms with Crippen molar-refractivity contribution in [2.45, 2.75) is 18.9 Å². The van der Waals surface area contributed by atoms with Crippen LogP contribution in [0.5, 0.6) is 0 Å². The molecule has 1 saturated heterocycles. The molecular weight excluding hydrogens is 272 g/mol. The zero-order chi connectivity index (χ0) is 14.1. The predicted molar refractivity (Wildman–Crippen MR) is 77.6 cm³/mol. The first-order chi connectivity index (χ1) is 9.65. The maximum atomic E-state index is 12.1. The predicted octanol–water partition coefficient (Wildman–Crippen LogP) is 1.99. The molecule has 1 aliphatic rings. The Morgan fingerprint density at radius 2 is 2.15 bits per heavy atom. The molecule has 1 aromatic carbocycles. The van der Waals surface area contributed by atoms with E-state index in [9.17, 15) is 4.79 Å². The maximum absolute atomic E-state index is 12.1. The van der Waals surface area contributed by atoms with E-state index in [-0.39, 0.29) is 11.8 Å². The molecular formula is C14H16N4OS. The second-order valence-corrected chi connectivity index (χ2v) is 5.48. The molecule has 1 amide bonds. The van der Waals surface area contributed by atoms with Gasteiger partial charge < -0.3 is 9.47 Å². The highest BCUT2D eigenvalue weighted by Crippen LogP contribution is 2.28. The molecule has 0 saturated carbocycles. The summed E-state index contributed by atoms with van der Waals surface area (Å²) in [6, 6.07) is 10.2. The number of rotatable bonds is 3. The standard InChI is InChI=1S/C14H16N4OS/c1-17-12(15-16-14(17)20)9-18-8-11(7-13(18)19)10-5-3-2-4-6-10/h2-6,11H,7-9H2,1H3,(H,16,20).